The Kier molecular flexibility index (Phi) is 4.84. The zero-order valence-corrected chi connectivity index (χ0v) is 11.9. The van der Waals surface area contributed by atoms with Gasteiger partial charge in [0.1, 0.15) is 0 Å². The van der Waals surface area contributed by atoms with Crippen LogP contribution in [0.15, 0.2) is 23.4 Å². The lowest BCUT2D eigenvalue weighted by Gasteiger charge is -2.32. The van der Waals surface area contributed by atoms with Crippen molar-refractivity contribution in [3.63, 3.8) is 0 Å². The molecule has 0 spiro atoms. The Hall–Kier alpha value is -1.75. The molecule has 0 saturated carbocycles. The van der Waals surface area contributed by atoms with Crippen molar-refractivity contribution in [1.82, 2.24) is 0 Å². The Morgan fingerprint density at radius 1 is 1.40 bits per heavy atom. The molecule has 1 atom stereocenters. The van der Waals surface area contributed by atoms with E-state index >= 15 is 0 Å². The molecule has 0 radical (unpaired) electrons. The summed E-state index contributed by atoms with van der Waals surface area (Å²) >= 11 is 0. The van der Waals surface area contributed by atoms with Gasteiger partial charge < -0.3 is 20.9 Å². The minimum absolute atomic E-state index is 0.102. The highest BCUT2D eigenvalue weighted by Gasteiger charge is 2.23. The van der Waals surface area contributed by atoms with Gasteiger partial charge in [0, 0.05) is 17.8 Å². The van der Waals surface area contributed by atoms with E-state index in [9.17, 15) is 5.11 Å². The zero-order chi connectivity index (χ0) is 14.5. The van der Waals surface area contributed by atoms with Crippen LogP contribution in [0.2, 0.25) is 0 Å². The molecular weight excluding hydrogens is 254 g/mol. The number of anilines is 1. The summed E-state index contributed by atoms with van der Waals surface area (Å²) in [6, 6.07) is 6.04. The van der Waals surface area contributed by atoms with Gasteiger partial charge in [0.15, 0.2) is 5.84 Å². The maximum absolute atomic E-state index is 9.64. The van der Waals surface area contributed by atoms with Gasteiger partial charge in [0.2, 0.25) is 0 Å². The van der Waals surface area contributed by atoms with Gasteiger partial charge in [-0.3, -0.25) is 0 Å². The number of oxime groups is 1. The zero-order valence-electron chi connectivity index (χ0n) is 11.9. The smallest absolute Gasteiger partial charge is 0.172 e. The third-order valence-corrected chi connectivity index (χ3v) is 3.93. The van der Waals surface area contributed by atoms with Crippen molar-refractivity contribution in [2.45, 2.75) is 38.6 Å². The number of benzene rings is 1. The van der Waals surface area contributed by atoms with Gasteiger partial charge in [-0.05, 0) is 31.9 Å². The molecule has 5 heteroatoms. The molecule has 4 N–H and O–H groups in total. The van der Waals surface area contributed by atoms with Crippen molar-refractivity contribution in [3.05, 3.63) is 29.3 Å². The van der Waals surface area contributed by atoms with Crippen LogP contribution in [0, 0.1) is 6.92 Å². The third kappa shape index (κ3) is 3.04. The Labute approximate surface area is 119 Å². The lowest BCUT2D eigenvalue weighted by atomic mass is 10.0. The largest absolute Gasteiger partial charge is 0.409 e. The van der Waals surface area contributed by atoms with E-state index in [-0.39, 0.29) is 18.5 Å². The topological polar surface area (TPSA) is 82.1 Å². The van der Waals surface area contributed by atoms with Crippen molar-refractivity contribution in [2.75, 3.05) is 18.1 Å². The van der Waals surface area contributed by atoms with Gasteiger partial charge >= 0.3 is 0 Å². The molecule has 0 aliphatic carbocycles. The van der Waals surface area contributed by atoms with Gasteiger partial charge in [0.25, 0.3) is 0 Å². The van der Waals surface area contributed by atoms with Crippen molar-refractivity contribution in [2.24, 2.45) is 10.9 Å². The number of nitrogens with two attached hydrogens (primary N) is 1. The first-order valence-electron chi connectivity index (χ1n) is 7.13. The molecule has 1 unspecified atom stereocenters. The number of amidine groups is 1. The molecule has 0 bridgehead atoms. The summed E-state index contributed by atoms with van der Waals surface area (Å²) < 4.78 is 0. The maximum Gasteiger partial charge on any atom is 0.172 e. The highest BCUT2D eigenvalue weighted by atomic mass is 16.4. The second-order valence-corrected chi connectivity index (χ2v) is 5.38. The number of hydrogen-bond acceptors (Lipinski definition) is 4. The van der Waals surface area contributed by atoms with E-state index in [0.717, 1.165) is 42.6 Å². The van der Waals surface area contributed by atoms with Crippen molar-refractivity contribution in [3.8, 4) is 0 Å². The standard InChI is InChI=1S/C15H23N3O2/c1-11-6-7-14(13(9-11)15(16)17-20)18-8-4-2-3-5-12(18)10-19/h6-7,9,12,19-20H,2-5,8,10H2,1H3,(H2,16,17). The van der Waals surface area contributed by atoms with Crippen LogP contribution in [0.25, 0.3) is 0 Å². The summed E-state index contributed by atoms with van der Waals surface area (Å²) in [5.41, 5.74) is 8.53. The maximum atomic E-state index is 9.64. The number of rotatable bonds is 3. The van der Waals surface area contributed by atoms with Gasteiger partial charge in [0.05, 0.1) is 12.6 Å². The average molecular weight is 277 g/mol. The van der Waals surface area contributed by atoms with Crippen LogP contribution in [0.3, 0.4) is 0 Å². The molecule has 1 aliphatic rings. The molecule has 1 saturated heterocycles. The number of aliphatic hydroxyl groups excluding tert-OH is 1. The summed E-state index contributed by atoms with van der Waals surface area (Å²) in [5, 5.41) is 21.7. The normalized spacial score (nSPS) is 20.8. The Morgan fingerprint density at radius 3 is 2.90 bits per heavy atom. The fraction of sp³-hybridized carbons (Fsp3) is 0.533. The number of nitrogens with zero attached hydrogens (tertiary/aromatic N) is 2. The van der Waals surface area contributed by atoms with Crippen LogP contribution in [0.1, 0.15) is 36.8 Å². The van der Waals surface area contributed by atoms with Gasteiger partial charge in [-0.15, -0.1) is 0 Å². The first-order valence-corrected chi connectivity index (χ1v) is 7.13. The first kappa shape index (κ1) is 14.7. The number of hydrogen-bond donors (Lipinski definition) is 3. The highest BCUT2D eigenvalue weighted by Crippen LogP contribution is 2.28. The summed E-state index contributed by atoms with van der Waals surface area (Å²) in [7, 11) is 0. The van der Waals surface area contributed by atoms with Crippen molar-refractivity contribution >= 4 is 11.5 Å². The molecule has 1 aromatic carbocycles. The molecule has 1 aromatic rings. The molecule has 1 heterocycles. The minimum atomic E-state index is 0.102. The fourth-order valence-corrected chi connectivity index (χ4v) is 2.84. The van der Waals surface area contributed by atoms with Crippen LogP contribution < -0.4 is 10.6 Å². The molecular formula is C15H23N3O2. The summed E-state index contributed by atoms with van der Waals surface area (Å²) in [6.45, 7) is 2.99. The molecule has 0 amide bonds. The van der Waals surface area contributed by atoms with E-state index in [0.29, 0.717) is 0 Å². The van der Waals surface area contributed by atoms with Crippen molar-refractivity contribution < 1.29 is 10.3 Å². The second kappa shape index (κ2) is 6.61. The van der Waals surface area contributed by atoms with Crippen LogP contribution in [0.5, 0.6) is 0 Å². The van der Waals surface area contributed by atoms with Crippen LogP contribution >= 0.6 is 0 Å². The van der Waals surface area contributed by atoms with E-state index in [1.54, 1.807) is 0 Å². The summed E-state index contributed by atoms with van der Waals surface area (Å²) in [5.74, 6) is 0.115. The van der Waals surface area contributed by atoms with Gasteiger partial charge in [-0.1, -0.05) is 29.6 Å². The Bertz CT molecular complexity index is 488. The molecule has 2 rings (SSSR count). The molecule has 110 valence electrons. The van der Waals surface area contributed by atoms with E-state index in [1.807, 2.05) is 25.1 Å². The molecule has 5 nitrogen and oxygen atoms in total. The van der Waals surface area contributed by atoms with E-state index in [1.165, 1.54) is 6.42 Å². The van der Waals surface area contributed by atoms with E-state index in [4.69, 9.17) is 10.9 Å². The molecule has 0 aromatic heterocycles. The number of aryl methyl sites for hydroxylation is 1. The summed E-state index contributed by atoms with van der Waals surface area (Å²) in [6.07, 6.45) is 4.38. The van der Waals surface area contributed by atoms with Crippen LogP contribution in [-0.4, -0.2) is 35.3 Å². The minimum Gasteiger partial charge on any atom is -0.409 e. The SMILES string of the molecule is Cc1ccc(N2CCCCCC2CO)c(/C(N)=N/O)c1. The highest BCUT2D eigenvalue weighted by molar-refractivity contribution is 6.02. The first-order chi connectivity index (χ1) is 9.67. The van der Waals surface area contributed by atoms with Gasteiger partial charge in [-0.2, -0.15) is 0 Å². The van der Waals surface area contributed by atoms with E-state index in [2.05, 4.69) is 10.1 Å². The van der Waals surface area contributed by atoms with Crippen molar-refractivity contribution in [1.29, 1.82) is 0 Å². The third-order valence-electron chi connectivity index (χ3n) is 3.93. The van der Waals surface area contributed by atoms with Crippen LogP contribution in [0.4, 0.5) is 5.69 Å². The fourth-order valence-electron chi connectivity index (χ4n) is 2.84. The average Bonchev–Trinajstić information content (AvgIpc) is 2.71. The molecule has 20 heavy (non-hydrogen) atoms. The predicted molar refractivity (Wildman–Crippen MR) is 80.4 cm³/mol. The molecule has 1 aliphatic heterocycles. The van der Waals surface area contributed by atoms with Gasteiger partial charge in [-0.25, -0.2) is 0 Å². The van der Waals surface area contributed by atoms with E-state index < -0.39 is 0 Å². The monoisotopic (exact) mass is 277 g/mol. The second-order valence-electron chi connectivity index (χ2n) is 5.38. The van der Waals surface area contributed by atoms with Crippen LogP contribution in [-0.2, 0) is 0 Å². The summed E-state index contributed by atoms with van der Waals surface area (Å²) in [4.78, 5) is 2.19. The Morgan fingerprint density at radius 2 is 2.20 bits per heavy atom. The molecule has 1 fully saturated rings. The quantitative estimate of drug-likeness (QED) is 0.341. The lowest BCUT2D eigenvalue weighted by molar-refractivity contribution is 0.255. The Balaban J connectivity index is 2.43. The predicted octanol–water partition coefficient (Wildman–Crippen LogP) is 1.83. The lowest BCUT2D eigenvalue weighted by Crippen LogP contribution is -2.39. The number of aliphatic hydroxyl groups is 1.